The Hall–Kier alpha value is -1.85. The topological polar surface area (TPSA) is 35.6 Å². The van der Waals surface area contributed by atoms with Crippen LogP contribution in [0.1, 0.15) is 28.8 Å². The van der Waals surface area contributed by atoms with Gasteiger partial charge in [-0.15, -0.1) is 11.3 Å². The number of nitrogens with zero attached hydrogens (tertiary/aromatic N) is 2. The Morgan fingerprint density at radius 1 is 1.30 bits per heavy atom. The maximum absolute atomic E-state index is 12.4. The zero-order chi connectivity index (χ0) is 19.1. The summed E-state index contributed by atoms with van der Waals surface area (Å²) >= 11 is 1.72. The third-order valence-electron chi connectivity index (χ3n) is 5.40. The van der Waals surface area contributed by atoms with Gasteiger partial charge in [0.25, 0.3) is 0 Å². The van der Waals surface area contributed by atoms with Crippen molar-refractivity contribution in [3.05, 3.63) is 57.8 Å². The highest BCUT2D eigenvalue weighted by Crippen LogP contribution is 2.18. The van der Waals surface area contributed by atoms with Crippen LogP contribution in [-0.2, 0) is 13.0 Å². The zero-order valence-corrected chi connectivity index (χ0v) is 17.3. The highest BCUT2D eigenvalue weighted by atomic mass is 32.1. The molecule has 2 amide bonds. The van der Waals surface area contributed by atoms with Crippen LogP contribution < -0.4 is 5.32 Å². The van der Waals surface area contributed by atoms with Crippen LogP contribution in [0.4, 0.5) is 4.79 Å². The number of piperidine rings is 1. The van der Waals surface area contributed by atoms with E-state index in [0.717, 1.165) is 26.1 Å². The Morgan fingerprint density at radius 2 is 2.11 bits per heavy atom. The van der Waals surface area contributed by atoms with Crippen molar-refractivity contribution in [2.24, 2.45) is 5.92 Å². The normalized spacial score (nSPS) is 17.6. The molecule has 0 saturated carbocycles. The van der Waals surface area contributed by atoms with Crippen LogP contribution in [-0.4, -0.2) is 49.1 Å². The number of rotatable bonds is 7. The van der Waals surface area contributed by atoms with Gasteiger partial charge >= 0.3 is 6.03 Å². The third kappa shape index (κ3) is 6.08. The molecule has 5 heteroatoms. The van der Waals surface area contributed by atoms with Crippen LogP contribution in [0.15, 0.2) is 41.8 Å². The van der Waals surface area contributed by atoms with E-state index in [0.29, 0.717) is 12.5 Å². The quantitative estimate of drug-likeness (QED) is 0.777. The minimum Gasteiger partial charge on any atom is -0.338 e. The van der Waals surface area contributed by atoms with Crippen LogP contribution in [0, 0.1) is 12.8 Å². The molecule has 0 aliphatic carbocycles. The minimum atomic E-state index is 0.0317. The molecule has 0 radical (unpaired) electrons. The standard InChI is InChI=1S/C22H31N3OS/c1-18-11-14-27-21(18)17-24(2)22(26)23-15-20-9-6-12-25(16-20)13-10-19-7-4-3-5-8-19/h3-5,7-8,11,14,20H,6,9-10,12-13,15-17H2,1-2H3,(H,23,26)/t20-/m1/s1. The maximum Gasteiger partial charge on any atom is 0.317 e. The lowest BCUT2D eigenvalue weighted by molar-refractivity contribution is 0.168. The first kappa shape index (κ1) is 19.9. The van der Waals surface area contributed by atoms with Crippen molar-refractivity contribution >= 4 is 17.4 Å². The Morgan fingerprint density at radius 3 is 2.85 bits per heavy atom. The number of aryl methyl sites for hydroxylation is 1. The number of hydrogen-bond acceptors (Lipinski definition) is 3. The molecule has 3 rings (SSSR count). The number of hydrogen-bond donors (Lipinski definition) is 1. The van der Waals surface area contributed by atoms with Gasteiger partial charge in [0.05, 0.1) is 6.54 Å². The van der Waals surface area contributed by atoms with Gasteiger partial charge in [-0.1, -0.05) is 30.3 Å². The summed E-state index contributed by atoms with van der Waals surface area (Å²) in [6, 6.07) is 12.8. The molecular formula is C22H31N3OS. The Bertz CT molecular complexity index is 715. The molecule has 2 aromatic rings. The van der Waals surface area contributed by atoms with Gasteiger partial charge < -0.3 is 15.1 Å². The fraction of sp³-hybridized carbons (Fsp3) is 0.500. The summed E-state index contributed by atoms with van der Waals surface area (Å²) in [6.07, 6.45) is 3.53. The van der Waals surface area contributed by atoms with E-state index >= 15 is 0 Å². The van der Waals surface area contributed by atoms with Gasteiger partial charge in [0.15, 0.2) is 0 Å². The molecule has 4 nitrogen and oxygen atoms in total. The van der Waals surface area contributed by atoms with E-state index in [1.165, 1.54) is 35.4 Å². The smallest absolute Gasteiger partial charge is 0.317 e. The van der Waals surface area contributed by atoms with E-state index in [4.69, 9.17) is 0 Å². The number of thiophene rings is 1. The number of urea groups is 1. The van der Waals surface area contributed by atoms with Crippen molar-refractivity contribution in [1.82, 2.24) is 15.1 Å². The minimum absolute atomic E-state index is 0.0317. The molecule has 1 fully saturated rings. The molecule has 27 heavy (non-hydrogen) atoms. The van der Waals surface area contributed by atoms with Gasteiger partial charge in [-0.3, -0.25) is 0 Å². The predicted molar refractivity (Wildman–Crippen MR) is 113 cm³/mol. The lowest BCUT2D eigenvalue weighted by Crippen LogP contribution is -2.44. The average molecular weight is 386 g/mol. The highest BCUT2D eigenvalue weighted by molar-refractivity contribution is 7.10. The zero-order valence-electron chi connectivity index (χ0n) is 16.5. The lowest BCUT2D eigenvalue weighted by Gasteiger charge is -2.33. The number of nitrogens with one attached hydrogen (secondary N) is 1. The second kappa shape index (κ2) is 9.90. The number of benzene rings is 1. The summed E-state index contributed by atoms with van der Waals surface area (Å²) in [5.74, 6) is 0.551. The average Bonchev–Trinajstić information content (AvgIpc) is 3.10. The third-order valence-corrected chi connectivity index (χ3v) is 6.41. The van der Waals surface area contributed by atoms with Crippen molar-refractivity contribution in [3.8, 4) is 0 Å². The fourth-order valence-corrected chi connectivity index (χ4v) is 4.63. The lowest BCUT2D eigenvalue weighted by atomic mass is 9.97. The molecule has 1 N–H and O–H groups in total. The van der Waals surface area contributed by atoms with Gasteiger partial charge in [-0.2, -0.15) is 0 Å². The van der Waals surface area contributed by atoms with Crippen LogP contribution in [0.2, 0.25) is 0 Å². The molecule has 1 atom stereocenters. The summed E-state index contributed by atoms with van der Waals surface area (Å²) in [6.45, 7) is 6.92. The number of carbonyl (C=O) groups excluding carboxylic acids is 1. The molecular weight excluding hydrogens is 354 g/mol. The molecule has 1 saturated heterocycles. The van der Waals surface area contributed by atoms with E-state index in [1.807, 2.05) is 7.05 Å². The SMILES string of the molecule is Cc1ccsc1CN(C)C(=O)NC[C@H]1CCCN(CCc2ccccc2)C1. The maximum atomic E-state index is 12.4. The van der Waals surface area contributed by atoms with Gasteiger partial charge in [-0.25, -0.2) is 4.79 Å². The predicted octanol–water partition coefficient (Wildman–Crippen LogP) is 4.15. The monoisotopic (exact) mass is 385 g/mol. The number of likely N-dealkylation sites (tertiary alicyclic amines) is 1. The Kier molecular flexibility index (Phi) is 7.30. The number of carbonyl (C=O) groups is 1. The summed E-state index contributed by atoms with van der Waals surface area (Å²) in [5, 5.41) is 5.23. The van der Waals surface area contributed by atoms with E-state index in [-0.39, 0.29) is 6.03 Å². The summed E-state index contributed by atoms with van der Waals surface area (Å²) in [5.41, 5.74) is 2.67. The fourth-order valence-electron chi connectivity index (χ4n) is 3.67. The van der Waals surface area contributed by atoms with Gasteiger partial charge in [-0.05, 0) is 61.2 Å². The Balaban J connectivity index is 1.39. The van der Waals surface area contributed by atoms with E-state index < -0.39 is 0 Å². The molecule has 2 heterocycles. The largest absolute Gasteiger partial charge is 0.338 e. The molecule has 0 unspecified atom stereocenters. The molecule has 1 aliphatic heterocycles. The van der Waals surface area contributed by atoms with Gasteiger partial charge in [0, 0.05) is 31.6 Å². The second-order valence-corrected chi connectivity index (χ2v) is 8.61. The van der Waals surface area contributed by atoms with E-state index in [1.54, 1.807) is 16.2 Å². The first-order valence-electron chi connectivity index (χ1n) is 9.90. The first-order chi connectivity index (χ1) is 13.1. The van der Waals surface area contributed by atoms with Crippen molar-refractivity contribution in [3.63, 3.8) is 0 Å². The molecule has 0 spiro atoms. The highest BCUT2D eigenvalue weighted by Gasteiger charge is 2.21. The molecule has 1 aromatic carbocycles. The molecule has 0 bridgehead atoms. The molecule has 146 valence electrons. The number of amides is 2. The summed E-state index contributed by atoms with van der Waals surface area (Å²) < 4.78 is 0. The molecule has 1 aromatic heterocycles. The van der Waals surface area contributed by atoms with Crippen molar-refractivity contribution < 1.29 is 4.79 Å². The van der Waals surface area contributed by atoms with Crippen LogP contribution in [0.3, 0.4) is 0 Å². The molecule has 1 aliphatic rings. The summed E-state index contributed by atoms with van der Waals surface area (Å²) in [4.78, 5) is 18.0. The van der Waals surface area contributed by atoms with Crippen molar-refractivity contribution in [1.29, 1.82) is 0 Å². The summed E-state index contributed by atoms with van der Waals surface area (Å²) in [7, 11) is 1.88. The second-order valence-electron chi connectivity index (χ2n) is 7.61. The Labute approximate surface area is 167 Å². The van der Waals surface area contributed by atoms with E-state index in [9.17, 15) is 4.79 Å². The first-order valence-corrected chi connectivity index (χ1v) is 10.8. The van der Waals surface area contributed by atoms with E-state index in [2.05, 4.69) is 58.9 Å². The van der Waals surface area contributed by atoms with Crippen LogP contribution in [0.25, 0.3) is 0 Å². The van der Waals surface area contributed by atoms with Crippen molar-refractivity contribution in [2.75, 3.05) is 33.2 Å². The van der Waals surface area contributed by atoms with Crippen LogP contribution in [0.5, 0.6) is 0 Å². The van der Waals surface area contributed by atoms with Gasteiger partial charge in [0.1, 0.15) is 0 Å². The van der Waals surface area contributed by atoms with Crippen LogP contribution >= 0.6 is 11.3 Å². The van der Waals surface area contributed by atoms with Gasteiger partial charge in [0.2, 0.25) is 0 Å². The van der Waals surface area contributed by atoms with Crippen molar-refractivity contribution in [2.45, 2.75) is 32.7 Å².